The van der Waals surface area contributed by atoms with E-state index in [0.717, 1.165) is 30.0 Å². The van der Waals surface area contributed by atoms with Gasteiger partial charge in [0, 0.05) is 6.54 Å². The molecule has 84 valence electrons. The van der Waals surface area contributed by atoms with Crippen molar-refractivity contribution in [2.75, 3.05) is 23.4 Å². The Kier molecular flexibility index (Phi) is 5.54. The number of hydrogen-bond acceptors (Lipinski definition) is 2. The van der Waals surface area contributed by atoms with Crippen LogP contribution in [0.1, 0.15) is 18.9 Å². The van der Waals surface area contributed by atoms with E-state index in [-0.39, 0.29) is 5.82 Å². The molecule has 0 aliphatic heterocycles. The fourth-order valence-corrected chi connectivity index (χ4v) is 2.02. The first kappa shape index (κ1) is 12.4. The zero-order chi connectivity index (χ0) is 11.1. The van der Waals surface area contributed by atoms with Gasteiger partial charge in [0.1, 0.15) is 5.82 Å². The number of rotatable bonds is 6. The van der Waals surface area contributed by atoms with E-state index in [4.69, 9.17) is 0 Å². The average molecular weight is 227 g/mol. The quantitative estimate of drug-likeness (QED) is 0.744. The van der Waals surface area contributed by atoms with Crippen LogP contribution in [0.15, 0.2) is 18.2 Å². The van der Waals surface area contributed by atoms with E-state index in [1.165, 1.54) is 6.07 Å². The Morgan fingerprint density at radius 3 is 2.87 bits per heavy atom. The van der Waals surface area contributed by atoms with Gasteiger partial charge >= 0.3 is 0 Å². The number of halogens is 1. The number of nitrogens with one attached hydrogen (secondary N) is 1. The summed E-state index contributed by atoms with van der Waals surface area (Å²) in [5, 5.41) is 3.15. The Balaban J connectivity index is 2.37. The predicted molar refractivity (Wildman–Crippen MR) is 67.2 cm³/mol. The highest BCUT2D eigenvalue weighted by Crippen LogP contribution is 2.18. The lowest BCUT2D eigenvalue weighted by molar-refractivity contribution is 0.629. The van der Waals surface area contributed by atoms with Gasteiger partial charge in [-0.2, -0.15) is 11.8 Å². The van der Waals surface area contributed by atoms with Gasteiger partial charge in [0.25, 0.3) is 0 Å². The summed E-state index contributed by atoms with van der Waals surface area (Å²) in [4.78, 5) is 0. The summed E-state index contributed by atoms with van der Waals surface area (Å²) >= 11 is 1.92. The minimum atomic E-state index is -0.154. The molecule has 1 nitrogen and oxygen atoms in total. The van der Waals surface area contributed by atoms with Crippen molar-refractivity contribution < 1.29 is 4.39 Å². The molecule has 3 heteroatoms. The molecule has 0 amide bonds. The highest BCUT2D eigenvalue weighted by Gasteiger charge is 2.03. The molecule has 1 aromatic rings. The van der Waals surface area contributed by atoms with Crippen LogP contribution in [-0.2, 0) is 0 Å². The van der Waals surface area contributed by atoms with Gasteiger partial charge in [-0.3, -0.25) is 0 Å². The molecule has 0 spiro atoms. The normalized spacial score (nSPS) is 10.3. The van der Waals surface area contributed by atoms with E-state index < -0.39 is 0 Å². The molecule has 0 fully saturated rings. The summed E-state index contributed by atoms with van der Waals surface area (Å²) in [7, 11) is 0. The van der Waals surface area contributed by atoms with Crippen LogP contribution in [0.2, 0.25) is 0 Å². The summed E-state index contributed by atoms with van der Waals surface area (Å²) in [6.07, 6.45) is 1.08. The van der Waals surface area contributed by atoms with Gasteiger partial charge in [0.15, 0.2) is 0 Å². The maximum atomic E-state index is 13.4. The van der Waals surface area contributed by atoms with Crippen LogP contribution in [0.3, 0.4) is 0 Å². The van der Waals surface area contributed by atoms with Gasteiger partial charge in [-0.05, 0) is 36.5 Å². The monoisotopic (exact) mass is 227 g/mol. The average Bonchev–Trinajstić information content (AvgIpc) is 2.21. The summed E-state index contributed by atoms with van der Waals surface area (Å²) < 4.78 is 13.4. The SMILES string of the molecule is CCSCCCNc1c(C)cccc1F. The van der Waals surface area contributed by atoms with Gasteiger partial charge in [0.05, 0.1) is 5.69 Å². The van der Waals surface area contributed by atoms with E-state index in [2.05, 4.69) is 12.2 Å². The molecule has 0 bridgehead atoms. The van der Waals surface area contributed by atoms with Crippen LogP contribution < -0.4 is 5.32 Å². The number of thioether (sulfide) groups is 1. The Morgan fingerprint density at radius 1 is 1.40 bits per heavy atom. The van der Waals surface area contributed by atoms with Gasteiger partial charge in [-0.25, -0.2) is 4.39 Å². The summed E-state index contributed by atoms with van der Waals surface area (Å²) in [5.41, 5.74) is 1.62. The Morgan fingerprint density at radius 2 is 2.20 bits per heavy atom. The molecular weight excluding hydrogens is 209 g/mol. The third kappa shape index (κ3) is 4.12. The van der Waals surface area contributed by atoms with Crippen molar-refractivity contribution in [1.82, 2.24) is 0 Å². The largest absolute Gasteiger partial charge is 0.382 e. The van der Waals surface area contributed by atoms with Crippen LogP contribution in [-0.4, -0.2) is 18.1 Å². The fourth-order valence-electron chi connectivity index (χ4n) is 1.39. The predicted octanol–water partition coefficient (Wildman–Crippen LogP) is 3.69. The molecule has 0 saturated heterocycles. The molecule has 1 rings (SSSR count). The Hall–Kier alpha value is -0.700. The van der Waals surface area contributed by atoms with Crippen molar-refractivity contribution in [3.63, 3.8) is 0 Å². The van der Waals surface area contributed by atoms with Gasteiger partial charge in [0.2, 0.25) is 0 Å². The third-order valence-corrected chi connectivity index (χ3v) is 3.18. The third-order valence-electron chi connectivity index (χ3n) is 2.19. The van der Waals surface area contributed by atoms with Gasteiger partial charge in [-0.15, -0.1) is 0 Å². The van der Waals surface area contributed by atoms with Crippen molar-refractivity contribution in [2.45, 2.75) is 20.3 Å². The van der Waals surface area contributed by atoms with E-state index in [1.807, 2.05) is 24.8 Å². The zero-order valence-electron chi connectivity index (χ0n) is 9.35. The maximum Gasteiger partial charge on any atom is 0.146 e. The molecule has 0 saturated carbocycles. The number of hydrogen-bond donors (Lipinski definition) is 1. The first-order valence-corrected chi connectivity index (χ1v) is 6.48. The van der Waals surface area contributed by atoms with Crippen LogP contribution in [0, 0.1) is 12.7 Å². The molecule has 1 N–H and O–H groups in total. The number of para-hydroxylation sites is 1. The molecular formula is C12H18FNS. The van der Waals surface area contributed by atoms with Crippen molar-refractivity contribution in [2.24, 2.45) is 0 Å². The van der Waals surface area contributed by atoms with E-state index >= 15 is 0 Å². The lowest BCUT2D eigenvalue weighted by Gasteiger charge is -2.09. The van der Waals surface area contributed by atoms with Crippen LogP contribution in [0.25, 0.3) is 0 Å². The molecule has 0 aromatic heterocycles. The fraction of sp³-hybridized carbons (Fsp3) is 0.500. The molecule has 0 aliphatic rings. The maximum absolute atomic E-state index is 13.4. The summed E-state index contributed by atoms with van der Waals surface area (Å²) in [5.74, 6) is 2.13. The molecule has 0 heterocycles. The van der Waals surface area contributed by atoms with E-state index in [9.17, 15) is 4.39 Å². The lowest BCUT2D eigenvalue weighted by atomic mass is 10.2. The van der Waals surface area contributed by atoms with Crippen LogP contribution in [0.5, 0.6) is 0 Å². The smallest absolute Gasteiger partial charge is 0.146 e. The zero-order valence-corrected chi connectivity index (χ0v) is 10.2. The summed E-state index contributed by atoms with van der Waals surface area (Å²) in [6, 6.07) is 5.16. The highest BCUT2D eigenvalue weighted by atomic mass is 32.2. The molecule has 1 aromatic carbocycles. The topological polar surface area (TPSA) is 12.0 Å². The Labute approximate surface area is 95.5 Å². The van der Waals surface area contributed by atoms with Crippen molar-refractivity contribution in [1.29, 1.82) is 0 Å². The van der Waals surface area contributed by atoms with Crippen LogP contribution >= 0.6 is 11.8 Å². The first-order valence-electron chi connectivity index (χ1n) is 5.32. The second-order valence-corrected chi connectivity index (χ2v) is 4.80. The molecule has 0 atom stereocenters. The van der Waals surface area contributed by atoms with Crippen molar-refractivity contribution >= 4 is 17.4 Å². The molecule has 0 aliphatic carbocycles. The highest BCUT2D eigenvalue weighted by molar-refractivity contribution is 7.99. The number of aryl methyl sites for hydroxylation is 1. The van der Waals surface area contributed by atoms with Gasteiger partial charge in [-0.1, -0.05) is 19.1 Å². The minimum Gasteiger partial charge on any atom is -0.382 e. The number of anilines is 1. The van der Waals surface area contributed by atoms with Crippen molar-refractivity contribution in [3.8, 4) is 0 Å². The second-order valence-electron chi connectivity index (χ2n) is 3.41. The minimum absolute atomic E-state index is 0.154. The van der Waals surface area contributed by atoms with Crippen molar-refractivity contribution in [3.05, 3.63) is 29.6 Å². The standard InChI is InChI=1S/C12H18FNS/c1-3-15-9-5-8-14-12-10(2)6-4-7-11(12)13/h4,6-7,14H,3,5,8-9H2,1-2H3. The first-order chi connectivity index (χ1) is 7.25. The Bertz CT molecular complexity index is 281. The van der Waals surface area contributed by atoms with E-state index in [0.29, 0.717) is 5.69 Å². The lowest BCUT2D eigenvalue weighted by Crippen LogP contribution is -2.05. The number of benzene rings is 1. The summed E-state index contributed by atoms with van der Waals surface area (Å²) in [6.45, 7) is 4.92. The van der Waals surface area contributed by atoms with E-state index in [1.54, 1.807) is 6.07 Å². The van der Waals surface area contributed by atoms with Crippen LogP contribution in [0.4, 0.5) is 10.1 Å². The second kappa shape index (κ2) is 6.72. The molecule has 15 heavy (non-hydrogen) atoms. The molecule has 0 unspecified atom stereocenters. The molecule has 0 radical (unpaired) electrons. The van der Waals surface area contributed by atoms with Gasteiger partial charge < -0.3 is 5.32 Å².